The normalized spacial score (nSPS) is 17.1. The van der Waals surface area contributed by atoms with E-state index in [1.807, 2.05) is 0 Å². The third kappa shape index (κ3) is 1.90. The first-order chi connectivity index (χ1) is 7.03. The fourth-order valence-corrected chi connectivity index (χ4v) is 1.54. The van der Waals surface area contributed by atoms with Gasteiger partial charge in [-0.3, -0.25) is 4.79 Å². The molecule has 1 amide bonds. The van der Waals surface area contributed by atoms with Crippen LogP contribution in [0.4, 0.5) is 0 Å². The van der Waals surface area contributed by atoms with Gasteiger partial charge in [0.2, 0.25) is 0 Å². The van der Waals surface area contributed by atoms with Crippen LogP contribution in [0.3, 0.4) is 0 Å². The van der Waals surface area contributed by atoms with E-state index in [0.29, 0.717) is 17.5 Å². The maximum absolute atomic E-state index is 11.5. The molecule has 2 N–H and O–H groups in total. The molecule has 80 valence electrons. The Morgan fingerprint density at radius 3 is 2.53 bits per heavy atom. The summed E-state index contributed by atoms with van der Waals surface area (Å²) in [4.78, 5) is 22.3. The number of amides is 1. The summed E-state index contributed by atoms with van der Waals surface area (Å²) in [5.41, 5.74) is -1.07. The minimum Gasteiger partial charge on any atom is -0.480 e. The average molecular weight is 274 g/mol. The van der Waals surface area contributed by atoms with Gasteiger partial charge in [0.05, 0.1) is 0 Å². The summed E-state index contributed by atoms with van der Waals surface area (Å²) in [6.45, 7) is 0. The van der Waals surface area contributed by atoms with Crippen molar-refractivity contribution in [3.05, 3.63) is 22.6 Å². The lowest BCUT2D eigenvalue weighted by Crippen LogP contribution is -2.42. The first kappa shape index (κ1) is 10.2. The van der Waals surface area contributed by atoms with Gasteiger partial charge in [-0.2, -0.15) is 0 Å². The SMILES string of the molecule is O=C(NC1(C(=O)O)CC1)c1ccc(Br)o1. The number of carboxylic acids is 1. The molecule has 5 nitrogen and oxygen atoms in total. The van der Waals surface area contributed by atoms with Gasteiger partial charge in [0.25, 0.3) is 5.91 Å². The van der Waals surface area contributed by atoms with Crippen LogP contribution < -0.4 is 5.32 Å². The second-order valence-corrected chi connectivity index (χ2v) is 4.23. The molecule has 1 aliphatic rings. The Hall–Kier alpha value is -1.30. The van der Waals surface area contributed by atoms with Gasteiger partial charge in [-0.1, -0.05) is 0 Å². The average Bonchev–Trinajstić information content (AvgIpc) is 2.82. The predicted molar refractivity (Wildman–Crippen MR) is 53.5 cm³/mol. The van der Waals surface area contributed by atoms with Gasteiger partial charge in [0.15, 0.2) is 10.4 Å². The molecule has 1 aliphatic carbocycles. The smallest absolute Gasteiger partial charge is 0.329 e. The van der Waals surface area contributed by atoms with Crippen molar-refractivity contribution in [2.45, 2.75) is 18.4 Å². The molecule has 0 aliphatic heterocycles. The summed E-state index contributed by atoms with van der Waals surface area (Å²) in [6.07, 6.45) is 0.936. The molecule has 0 saturated heterocycles. The largest absolute Gasteiger partial charge is 0.480 e. The zero-order chi connectivity index (χ0) is 11.1. The van der Waals surface area contributed by atoms with Crippen LogP contribution in [-0.4, -0.2) is 22.5 Å². The Labute approximate surface area is 93.6 Å². The van der Waals surface area contributed by atoms with Crippen molar-refractivity contribution in [2.75, 3.05) is 0 Å². The molecule has 0 radical (unpaired) electrons. The Morgan fingerprint density at radius 1 is 1.47 bits per heavy atom. The van der Waals surface area contributed by atoms with Crippen LogP contribution in [0, 0.1) is 0 Å². The fraction of sp³-hybridized carbons (Fsp3) is 0.333. The van der Waals surface area contributed by atoms with Crippen LogP contribution in [0.1, 0.15) is 23.4 Å². The molecule has 0 bridgehead atoms. The molecule has 0 unspecified atom stereocenters. The van der Waals surface area contributed by atoms with Crippen molar-refractivity contribution in [1.82, 2.24) is 5.32 Å². The summed E-state index contributed by atoms with van der Waals surface area (Å²) < 4.78 is 5.45. The van der Waals surface area contributed by atoms with E-state index in [9.17, 15) is 9.59 Å². The number of rotatable bonds is 3. The third-order valence-electron chi connectivity index (χ3n) is 2.31. The van der Waals surface area contributed by atoms with Gasteiger partial charge in [0.1, 0.15) is 5.54 Å². The summed E-state index contributed by atoms with van der Waals surface area (Å²) in [6, 6.07) is 3.06. The quantitative estimate of drug-likeness (QED) is 0.872. The summed E-state index contributed by atoms with van der Waals surface area (Å²) in [5.74, 6) is -1.39. The second kappa shape index (κ2) is 3.37. The molecule has 0 aromatic carbocycles. The van der Waals surface area contributed by atoms with Crippen molar-refractivity contribution in [3.63, 3.8) is 0 Å². The van der Waals surface area contributed by atoms with Crippen LogP contribution in [0.25, 0.3) is 0 Å². The maximum Gasteiger partial charge on any atom is 0.329 e. The number of furan rings is 1. The van der Waals surface area contributed by atoms with E-state index in [4.69, 9.17) is 9.52 Å². The molecule has 1 fully saturated rings. The molecule has 1 heterocycles. The van der Waals surface area contributed by atoms with E-state index in [-0.39, 0.29) is 5.76 Å². The lowest BCUT2D eigenvalue weighted by molar-refractivity contribution is -0.140. The number of carbonyl (C=O) groups excluding carboxylic acids is 1. The molecule has 6 heteroatoms. The Kier molecular flexibility index (Phi) is 2.30. The maximum atomic E-state index is 11.5. The minimum atomic E-state index is -1.07. The van der Waals surface area contributed by atoms with Gasteiger partial charge in [0, 0.05) is 0 Å². The molecular weight excluding hydrogens is 266 g/mol. The number of nitrogens with one attached hydrogen (secondary N) is 1. The van der Waals surface area contributed by atoms with Crippen LogP contribution in [0.5, 0.6) is 0 Å². The second-order valence-electron chi connectivity index (χ2n) is 3.45. The molecule has 0 spiro atoms. The number of hydrogen-bond donors (Lipinski definition) is 2. The van der Waals surface area contributed by atoms with Crippen molar-refractivity contribution in [3.8, 4) is 0 Å². The minimum absolute atomic E-state index is 0.106. The Bertz CT molecular complexity index is 422. The summed E-state index contributed by atoms with van der Waals surface area (Å²) in [5, 5.41) is 11.3. The Morgan fingerprint density at radius 2 is 2.13 bits per heavy atom. The monoisotopic (exact) mass is 273 g/mol. The van der Waals surface area contributed by atoms with E-state index in [1.54, 1.807) is 6.07 Å². The topological polar surface area (TPSA) is 79.5 Å². The molecule has 1 saturated carbocycles. The molecule has 1 aromatic heterocycles. The van der Waals surface area contributed by atoms with E-state index >= 15 is 0 Å². The first-order valence-corrected chi connectivity index (χ1v) is 5.14. The predicted octanol–water partition coefficient (Wildman–Crippen LogP) is 1.39. The van der Waals surface area contributed by atoms with Gasteiger partial charge >= 0.3 is 5.97 Å². The first-order valence-electron chi connectivity index (χ1n) is 4.35. The van der Waals surface area contributed by atoms with Crippen LogP contribution >= 0.6 is 15.9 Å². The molecule has 15 heavy (non-hydrogen) atoms. The number of halogens is 1. The highest BCUT2D eigenvalue weighted by Crippen LogP contribution is 2.35. The fourth-order valence-electron chi connectivity index (χ4n) is 1.23. The van der Waals surface area contributed by atoms with Crippen molar-refractivity contribution >= 4 is 27.8 Å². The van der Waals surface area contributed by atoms with E-state index in [1.165, 1.54) is 6.07 Å². The highest BCUT2D eigenvalue weighted by Gasteiger charge is 2.52. The number of carbonyl (C=O) groups is 2. The lowest BCUT2D eigenvalue weighted by atomic mass is 10.2. The zero-order valence-corrected chi connectivity index (χ0v) is 9.20. The van der Waals surface area contributed by atoms with E-state index < -0.39 is 17.4 Å². The highest BCUT2D eigenvalue weighted by molar-refractivity contribution is 9.10. The lowest BCUT2D eigenvalue weighted by Gasteiger charge is -2.10. The van der Waals surface area contributed by atoms with Crippen molar-refractivity contribution in [1.29, 1.82) is 0 Å². The van der Waals surface area contributed by atoms with Gasteiger partial charge in [-0.05, 0) is 40.9 Å². The number of aliphatic carboxylic acids is 1. The van der Waals surface area contributed by atoms with Crippen molar-refractivity contribution in [2.24, 2.45) is 0 Å². The Balaban J connectivity index is 2.08. The molecule has 1 aromatic rings. The molecule has 0 atom stereocenters. The summed E-state index contributed by atoms with van der Waals surface area (Å²) in [7, 11) is 0. The van der Waals surface area contributed by atoms with Crippen LogP contribution in [0.15, 0.2) is 21.2 Å². The number of carboxylic acid groups (broad SMARTS) is 1. The van der Waals surface area contributed by atoms with E-state index in [0.717, 1.165) is 0 Å². The van der Waals surface area contributed by atoms with E-state index in [2.05, 4.69) is 21.2 Å². The number of hydrogen-bond acceptors (Lipinski definition) is 3. The summed E-state index contributed by atoms with van der Waals surface area (Å²) >= 11 is 3.06. The van der Waals surface area contributed by atoms with Gasteiger partial charge < -0.3 is 14.8 Å². The third-order valence-corrected chi connectivity index (χ3v) is 2.74. The highest BCUT2D eigenvalue weighted by atomic mass is 79.9. The standard InChI is InChI=1S/C9H8BrNO4/c10-6-2-1-5(15-6)7(12)11-9(3-4-9)8(13)14/h1-2H,3-4H2,(H,11,12)(H,13,14). The van der Waals surface area contributed by atoms with Crippen LogP contribution in [-0.2, 0) is 4.79 Å². The zero-order valence-electron chi connectivity index (χ0n) is 7.62. The van der Waals surface area contributed by atoms with Crippen LogP contribution in [0.2, 0.25) is 0 Å². The molecule has 2 rings (SSSR count). The van der Waals surface area contributed by atoms with Crippen molar-refractivity contribution < 1.29 is 19.1 Å². The van der Waals surface area contributed by atoms with Gasteiger partial charge in [-0.15, -0.1) is 0 Å². The molecular formula is C9H8BrNO4. The van der Waals surface area contributed by atoms with Gasteiger partial charge in [-0.25, -0.2) is 4.79 Å².